The molecule has 0 aromatic rings. The number of guanidine groups is 1. The van der Waals surface area contributed by atoms with E-state index in [0.717, 1.165) is 32.5 Å². The smallest absolute Gasteiger partial charge is 0.188 e. The molecule has 0 rings (SSSR count). The fourth-order valence-corrected chi connectivity index (χ4v) is 1.21. The summed E-state index contributed by atoms with van der Waals surface area (Å²) in [4.78, 5) is 4.35. The molecule has 3 N–H and O–H groups in total. The molecule has 0 atom stereocenters. The van der Waals surface area contributed by atoms with Crippen LogP contribution in [-0.2, 0) is 4.74 Å². The van der Waals surface area contributed by atoms with Gasteiger partial charge in [-0.05, 0) is 18.3 Å². The Morgan fingerprint density at radius 2 is 2.06 bits per heavy atom. The molecule has 17 heavy (non-hydrogen) atoms. The van der Waals surface area contributed by atoms with E-state index in [1.165, 1.54) is 6.42 Å². The number of rotatable bonds is 8. The van der Waals surface area contributed by atoms with Crippen LogP contribution in [0.1, 0.15) is 40.0 Å². The summed E-state index contributed by atoms with van der Waals surface area (Å²) in [5.41, 5.74) is 5.90. The molecule has 0 spiro atoms. The molecule has 0 aliphatic heterocycles. The Morgan fingerprint density at radius 1 is 1.41 bits per heavy atom. The summed E-state index contributed by atoms with van der Waals surface area (Å²) < 4.78 is 5.07. The van der Waals surface area contributed by atoms with Crippen LogP contribution >= 0.6 is 24.0 Å². The third-order valence-electron chi connectivity index (χ3n) is 2.50. The zero-order valence-electron chi connectivity index (χ0n) is 11.6. The highest BCUT2D eigenvalue weighted by atomic mass is 127. The number of halogens is 1. The lowest BCUT2D eigenvalue weighted by Gasteiger charge is -2.21. The molecule has 0 saturated heterocycles. The molecule has 5 heteroatoms. The van der Waals surface area contributed by atoms with Crippen LogP contribution < -0.4 is 11.1 Å². The molecule has 0 aromatic carbocycles. The molecule has 104 valence electrons. The van der Waals surface area contributed by atoms with Gasteiger partial charge in [-0.15, -0.1) is 24.0 Å². The molecular weight excluding hydrogens is 329 g/mol. The van der Waals surface area contributed by atoms with E-state index in [4.69, 9.17) is 10.5 Å². The molecule has 0 aliphatic rings. The predicted octanol–water partition coefficient (Wildman–Crippen LogP) is 2.37. The van der Waals surface area contributed by atoms with E-state index in [9.17, 15) is 0 Å². The van der Waals surface area contributed by atoms with E-state index < -0.39 is 0 Å². The summed E-state index contributed by atoms with van der Waals surface area (Å²) >= 11 is 0. The van der Waals surface area contributed by atoms with Gasteiger partial charge in [-0.3, -0.25) is 4.99 Å². The fraction of sp³-hybridized carbons (Fsp3) is 0.917. The Morgan fingerprint density at radius 3 is 2.59 bits per heavy atom. The lowest BCUT2D eigenvalue weighted by molar-refractivity contribution is 0.155. The number of ether oxygens (including phenoxy) is 1. The molecule has 0 heterocycles. The monoisotopic (exact) mass is 357 g/mol. The normalized spacial score (nSPS) is 12.1. The fourth-order valence-electron chi connectivity index (χ4n) is 1.21. The standard InChI is InChI=1S/C12H27N3O.HI/c1-5-6-8-14-11(13)15-10-12(2,3)7-9-16-4;/h5-10H2,1-4H3,(H3,13,14,15);1H. The van der Waals surface area contributed by atoms with Crippen LogP contribution in [-0.4, -0.2) is 32.8 Å². The number of methoxy groups -OCH3 is 1. The summed E-state index contributed by atoms with van der Waals surface area (Å²) in [6.07, 6.45) is 3.29. The number of hydrogen-bond donors (Lipinski definition) is 2. The summed E-state index contributed by atoms with van der Waals surface area (Å²) in [5, 5.41) is 3.11. The van der Waals surface area contributed by atoms with Gasteiger partial charge in [0.2, 0.25) is 0 Å². The second-order valence-electron chi connectivity index (χ2n) is 4.89. The average Bonchev–Trinajstić information content (AvgIpc) is 2.24. The Kier molecular flexibility index (Phi) is 12.6. The van der Waals surface area contributed by atoms with Crippen molar-refractivity contribution in [2.45, 2.75) is 40.0 Å². The van der Waals surface area contributed by atoms with Crippen molar-refractivity contribution in [3.05, 3.63) is 0 Å². The first kappa shape index (κ1) is 19.3. The molecule has 0 bridgehead atoms. The third kappa shape index (κ3) is 12.2. The average molecular weight is 357 g/mol. The van der Waals surface area contributed by atoms with Crippen LogP contribution in [0.25, 0.3) is 0 Å². The summed E-state index contributed by atoms with van der Waals surface area (Å²) in [5.74, 6) is 0.555. The predicted molar refractivity (Wildman–Crippen MR) is 85.1 cm³/mol. The molecule has 0 amide bonds. The minimum absolute atomic E-state index is 0. The van der Waals surface area contributed by atoms with Crippen molar-refractivity contribution in [3.63, 3.8) is 0 Å². The third-order valence-corrected chi connectivity index (χ3v) is 2.50. The molecule has 0 radical (unpaired) electrons. The molecule has 0 aliphatic carbocycles. The number of nitrogens with two attached hydrogens (primary N) is 1. The van der Waals surface area contributed by atoms with E-state index in [2.05, 4.69) is 31.1 Å². The number of nitrogens with zero attached hydrogens (tertiary/aromatic N) is 1. The van der Waals surface area contributed by atoms with Gasteiger partial charge in [0.1, 0.15) is 0 Å². The number of nitrogens with one attached hydrogen (secondary N) is 1. The molecule has 0 unspecified atom stereocenters. The number of unbranched alkanes of at least 4 members (excludes halogenated alkanes) is 1. The zero-order chi connectivity index (χ0) is 12.4. The first-order valence-corrected chi connectivity index (χ1v) is 6.04. The zero-order valence-corrected chi connectivity index (χ0v) is 13.9. The lowest BCUT2D eigenvalue weighted by atomic mass is 9.90. The molecule has 0 saturated carbocycles. The topological polar surface area (TPSA) is 59.6 Å². The first-order chi connectivity index (χ1) is 7.52. The Bertz CT molecular complexity index is 208. The van der Waals surface area contributed by atoms with Crippen molar-refractivity contribution >= 4 is 29.9 Å². The maximum absolute atomic E-state index is 5.76. The maximum atomic E-state index is 5.76. The van der Waals surface area contributed by atoms with E-state index in [-0.39, 0.29) is 29.4 Å². The van der Waals surface area contributed by atoms with Gasteiger partial charge in [-0.25, -0.2) is 0 Å². The summed E-state index contributed by atoms with van der Waals surface area (Å²) in [6.45, 7) is 8.92. The van der Waals surface area contributed by atoms with Crippen molar-refractivity contribution < 1.29 is 4.74 Å². The Balaban J connectivity index is 0. The van der Waals surface area contributed by atoms with Crippen molar-refractivity contribution in [2.75, 3.05) is 26.8 Å². The highest BCUT2D eigenvalue weighted by Crippen LogP contribution is 2.20. The van der Waals surface area contributed by atoms with Crippen molar-refractivity contribution in [3.8, 4) is 0 Å². The first-order valence-electron chi connectivity index (χ1n) is 6.04. The summed E-state index contributed by atoms with van der Waals surface area (Å²) in [7, 11) is 1.72. The van der Waals surface area contributed by atoms with Crippen LogP contribution in [0.4, 0.5) is 0 Å². The second-order valence-corrected chi connectivity index (χ2v) is 4.89. The van der Waals surface area contributed by atoms with Gasteiger partial charge in [-0.1, -0.05) is 27.2 Å². The molecule has 4 nitrogen and oxygen atoms in total. The number of aliphatic imine (C=N–C) groups is 1. The van der Waals surface area contributed by atoms with Gasteiger partial charge in [0.25, 0.3) is 0 Å². The van der Waals surface area contributed by atoms with Gasteiger partial charge >= 0.3 is 0 Å². The van der Waals surface area contributed by atoms with Gasteiger partial charge in [0.15, 0.2) is 5.96 Å². The summed E-state index contributed by atoms with van der Waals surface area (Å²) in [6, 6.07) is 0. The minimum Gasteiger partial charge on any atom is -0.385 e. The van der Waals surface area contributed by atoms with Crippen molar-refractivity contribution in [2.24, 2.45) is 16.1 Å². The van der Waals surface area contributed by atoms with Crippen LogP contribution in [0.3, 0.4) is 0 Å². The van der Waals surface area contributed by atoms with Crippen molar-refractivity contribution in [1.82, 2.24) is 5.32 Å². The van der Waals surface area contributed by atoms with Gasteiger partial charge in [0.05, 0.1) is 0 Å². The highest BCUT2D eigenvalue weighted by Gasteiger charge is 2.16. The highest BCUT2D eigenvalue weighted by molar-refractivity contribution is 14.0. The van der Waals surface area contributed by atoms with Crippen LogP contribution in [0.5, 0.6) is 0 Å². The van der Waals surface area contributed by atoms with E-state index in [1.54, 1.807) is 7.11 Å². The van der Waals surface area contributed by atoms with E-state index in [1.807, 2.05) is 0 Å². The van der Waals surface area contributed by atoms with Crippen LogP contribution in [0.2, 0.25) is 0 Å². The Labute approximate surface area is 123 Å². The largest absolute Gasteiger partial charge is 0.385 e. The van der Waals surface area contributed by atoms with Crippen LogP contribution in [0, 0.1) is 5.41 Å². The lowest BCUT2D eigenvalue weighted by Crippen LogP contribution is -2.33. The number of hydrogen-bond acceptors (Lipinski definition) is 2. The van der Waals surface area contributed by atoms with Gasteiger partial charge in [-0.2, -0.15) is 0 Å². The van der Waals surface area contributed by atoms with Gasteiger partial charge in [0, 0.05) is 26.8 Å². The van der Waals surface area contributed by atoms with E-state index in [0.29, 0.717) is 5.96 Å². The molecular formula is C12H28IN3O. The molecule has 0 fully saturated rings. The SMILES string of the molecule is CCCCNC(N)=NCC(C)(C)CCOC.I. The van der Waals surface area contributed by atoms with Crippen LogP contribution in [0.15, 0.2) is 4.99 Å². The Hall–Kier alpha value is -0.0400. The molecule has 0 aromatic heterocycles. The minimum atomic E-state index is 0. The van der Waals surface area contributed by atoms with Gasteiger partial charge < -0.3 is 15.8 Å². The maximum Gasteiger partial charge on any atom is 0.188 e. The van der Waals surface area contributed by atoms with E-state index >= 15 is 0 Å². The van der Waals surface area contributed by atoms with Crippen molar-refractivity contribution in [1.29, 1.82) is 0 Å². The quantitative estimate of drug-likeness (QED) is 0.304. The second kappa shape index (κ2) is 11.1.